The van der Waals surface area contributed by atoms with Gasteiger partial charge in [-0.3, -0.25) is 10.2 Å². The first-order chi connectivity index (χ1) is 14.9. The molecule has 0 spiro atoms. The molecule has 3 aromatic carbocycles. The minimum Gasteiger partial charge on any atom is -0.456 e. The Morgan fingerprint density at radius 1 is 1.00 bits per heavy atom. The number of hydrazine groups is 1. The summed E-state index contributed by atoms with van der Waals surface area (Å²) in [5.41, 5.74) is 4.46. The number of carbonyl (C=O) groups is 1. The Hall–Kier alpha value is -2.51. The van der Waals surface area contributed by atoms with Crippen LogP contribution in [0.4, 0.5) is 5.69 Å². The monoisotopic (exact) mass is 491 g/mol. The van der Waals surface area contributed by atoms with Gasteiger partial charge in [0, 0.05) is 10.7 Å². The van der Waals surface area contributed by atoms with Crippen molar-refractivity contribution in [2.45, 2.75) is 11.4 Å². The van der Waals surface area contributed by atoms with Crippen LogP contribution in [-0.2, 0) is 4.79 Å². The minimum absolute atomic E-state index is 0.236. The van der Waals surface area contributed by atoms with Crippen molar-refractivity contribution in [3.05, 3.63) is 88.4 Å². The fourth-order valence-corrected chi connectivity index (χ4v) is 4.03. The lowest BCUT2D eigenvalue weighted by molar-refractivity contribution is -0.148. The molecule has 0 bridgehead atoms. The van der Waals surface area contributed by atoms with Gasteiger partial charge in [-0.15, -0.1) is 11.6 Å². The van der Waals surface area contributed by atoms with E-state index in [2.05, 4.69) is 10.7 Å². The van der Waals surface area contributed by atoms with E-state index >= 15 is 0 Å². The summed E-state index contributed by atoms with van der Waals surface area (Å²) in [5, 5.41) is 5.04. The molecule has 1 aliphatic heterocycles. The molecule has 1 saturated heterocycles. The van der Waals surface area contributed by atoms with E-state index in [1.54, 1.807) is 42.5 Å². The van der Waals surface area contributed by atoms with Crippen molar-refractivity contribution >= 4 is 63.7 Å². The lowest BCUT2D eigenvalue weighted by Crippen LogP contribution is -2.63. The maximum atomic E-state index is 12.2. The molecule has 5 nitrogen and oxygen atoms in total. The molecule has 1 fully saturated rings. The number of thiocarbonyl (C=S) groups is 1. The molecule has 3 aromatic rings. The normalized spacial score (nSPS) is 17.6. The minimum atomic E-state index is -0.642. The molecule has 0 aromatic heterocycles. The number of nitrogens with one attached hydrogen (secondary N) is 2. The molecule has 2 atom stereocenters. The van der Waals surface area contributed by atoms with Gasteiger partial charge in [-0.25, -0.2) is 5.01 Å². The van der Waals surface area contributed by atoms with Crippen LogP contribution in [0.15, 0.2) is 72.8 Å². The Balaban J connectivity index is 1.40. The van der Waals surface area contributed by atoms with Crippen molar-refractivity contribution in [1.82, 2.24) is 10.4 Å². The molecule has 31 heavy (non-hydrogen) atoms. The molecule has 1 heterocycles. The van der Waals surface area contributed by atoms with Gasteiger partial charge in [0.25, 0.3) is 5.91 Å². The van der Waals surface area contributed by atoms with Crippen molar-refractivity contribution in [2.24, 2.45) is 0 Å². The average Bonchev–Trinajstić information content (AvgIpc) is 2.77. The van der Waals surface area contributed by atoms with Crippen LogP contribution in [0.3, 0.4) is 0 Å². The number of nitrogens with zero attached hydrogens (tertiary/aromatic N) is 1. The van der Waals surface area contributed by atoms with Crippen LogP contribution in [0.25, 0.3) is 0 Å². The number of rotatable bonds is 5. The van der Waals surface area contributed by atoms with Gasteiger partial charge in [0.05, 0.1) is 5.02 Å². The fourth-order valence-electron chi connectivity index (χ4n) is 3.11. The molecule has 1 aliphatic rings. The van der Waals surface area contributed by atoms with Crippen LogP contribution in [0.2, 0.25) is 10.0 Å². The molecule has 2 N–H and O–H groups in total. The summed E-state index contributed by atoms with van der Waals surface area (Å²) in [6, 6.07) is 21.3. The molecular weight excluding hydrogens is 477 g/mol. The van der Waals surface area contributed by atoms with E-state index in [-0.39, 0.29) is 17.1 Å². The van der Waals surface area contributed by atoms with E-state index in [9.17, 15) is 4.79 Å². The Labute approximate surface area is 199 Å². The second kappa shape index (κ2) is 9.32. The largest absolute Gasteiger partial charge is 0.456 e. The van der Waals surface area contributed by atoms with E-state index in [0.29, 0.717) is 27.2 Å². The Bertz CT molecular complexity index is 1110. The summed E-state index contributed by atoms with van der Waals surface area (Å²) >= 11 is 23.8. The van der Waals surface area contributed by atoms with Crippen LogP contribution in [0, 0.1) is 0 Å². The number of hydrogen-bond donors (Lipinski definition) is 2. The predicted molar refractivity (Wildman–Crippen MR) is 128 cm³/mol. The van der Waals surface area contributed by atoms with Gasteiger partial charge in [0.2, 0.25) is 0 Å². The number of alkyl halides is 1. The highest BCUT2D eigenvalue weighted by Gasteiger charge is 2.47. The second-order valence-corrected chi connectivity index (χ2v) is 8.45. The first-order valence-corrected chi connectivity index (χ1v) is 10.8. The third kappa shape index (κ3) is 4.88. The first kappa shape index (κ1) is 21.7. The maximum Gasteiger partial charge on any atom is 0.262 e. The molecule has 4 rings (SSSR count). The van der Waals surface area contributed by atoms with Crippen LogP contribution in [0.5, 0.6) is 11.5 Å². The van der Waals surface area contributed by atoms with Gasteiger partial charge in [-0.2, -0.15) is 0 Å². The zero-order valence-electron chi connectivity index (χ0n) is 15.9. The Morgan fingerprint density at radius 3 is 2.39 bits per heavy atom. The smallest absolute Gasteiger partial charge is 0.262 e. The molecular formula is C22H16Cl3N3O2S. The summed E-state index contributed by atoms with van der Waals surface area (Å²) in [6.45, 7) is 0. The quantitative estimate of drug-likeness (QED) is 0.253. The number of ether oxygens (including phenoxy) is 1. The van der Waals surface area contributed by atoms with Crippen LogP contribution < -0.4 is 15.5 Å². The summed E-state index contributed by atoms with van der Waals surface area (Å²) < 4.78 is 5.77. The van der Waals surface area contributed by atoms with Crippen molar-refractivity contribution in [3.63, 3.8) is 0 Å². The number of anilines is 1. The topological polar surface area (TPSA) is 53.6 Å². The van der Waals surface area contributed by atoms with E-state index in [1.165, 1.54) is 5.01 Å². The van der Waals surface area contributed by atoms with Crippen molar-refractivity contribution in [1.29, 1.82) is 0 Å². The summed E-state index contributed by atoms with van der Waals surface area (Å²) in [6.07, 6.45) is 0. The highest BCUT2D eigenvalue weighted by Crippen LogP contribution is 2.37. The number of carbonyl (C=O) groups excluding carboxylic acids is 1. The zero-order chi connectivity index (χ0) is 22.0. The third-order valence-electron chi connectivity index (χ3n) is 4.62. The summed E-state index contributed by atoms with van der Waals surface area (Å²) in [5.74, 6) is 0.855. The van der Waals surface area contributed by atoms with E-state index in [4.69, 9.17) is 51.8 Å². The lowest BCUT2D eigenvalue weighted by atomic mass is 9.95. The highest BCUT2D eigenvalue weighted by molar-refractivity contribution is 7.80. The first-order valence-electron chi connectivity index (χ1n) is 9.25. The molecule has 1 amide bonds. The number of halogens is 3. The molecule has 0 radical (unpaired) electrons. The standard InChI is InChI=1S/C22H16Cl3N3O2S/c23-14-6-9-16(10-7-14)30-18-11-8-15(12-17(18)24)26-22(31)27-28-20(19(25)21(28)29)13-4-2-1-3-5-13/h1-12,19-20H,(H2,26,27,31)/t19-,20+/m0/s1. The predicted octanol–water partition coefficient (Wildman–Crippen LogP) is 6.18. The maximum absolute atomic E-state index is 12.2. The summed E-state index contributed by atoms with van der Waals surface area (Å²) in [7, 11) is 0. The molecule has 0 unspecified atom stereocenters. The highest BCUT2D eigenvalue weighted by atomic mass is 35.5. The van der Waals surface area contributed by atoms with Crippen molar-refractivity contribution in [2.75, 3.05) is 5.32 Å². The Morgan fingerprint density at radius 2 is 1.71 bits per heavy atom. The number of β-lactam (4-membered cyclic amide) rings is 1. The SMILES string of the molecule is O=C1[C@@H](Cl)[C@@H](c2ccccc2)N1NC(=S)Nc1ccc(Oc2ccc(Cl)cc2)c(Cl)c1. The van der Waals surface area contributed by atoms with Gasteiger partial charge < -0.3 is 10.1 Å². The zero-order valence-corrected chi connectivity index (χ0v) is 19.0. The van der Waals surface area contributed by atoms with Crippen LogP contribution in [-0.4, -0.2) is 21.4 Å². The molecule has 158 valence electrons. The van der Waals surface area contributed by atoms with Crippen molar-refractivity contribution in [3.8, 4) is 11.5 Å². The molecule has 0 saturated carbocycles. The average molecular weight is 493 g/mol. The fraction of sp³-hybridized carbons (Fsp3) is 0.0909. The second-order valence-electron chi connectivity index (χ2n) is 6.73. The summed E-state index contributed by atoms with van der Waals surface area (Å²) in [4.78, 5) is 12.2. The molecule has 0 aliphatic carbocycles. The van der Waals surface area contributed by atoms with E-state index < -0.39 is 5.38 Å². The number of amides is 1. The number of benzene rings is 3. The molecule has 9 heteroatoms. The Kier molecular flexibility index (Phi) is 6.53. The van der Waals surface area contributed by atoms with Crippen LogP contribution in [0.1, 0.15) is 11.6 Å². The van der Waals surface area contributed by atoms with Gasteiger partial charge in [0.1, 0.15) is 22.9 Å². The van der Waals surface area contributed by atoms with Gasteiger partial charge in [-0.1, -0.05) is 53.5 Å². The van der Waals surface area contributed by atoms with Crippen LogP contribution >= 0.6 is 47.0 Å². The lowest BCUT2D eigenvalue weighted by Gasteiger charge is -2.44. The van der Waals surface area contributed by atoms with Gasteiger partial charge in [-0.05, 0) is 60.2 Å². The van der Waals surface area contributed by atoms with Gasteiger partial charge >= 0.3 is 0 Å². The van der Waals surface area contributed by atoms with Crippen molar-refractivity contribution < 1.29 is 9.53 Å². The van der Waals surface area contributed by atoms with Gasteiger partial charge in [0.15, 0.2) is 5.11 Å². The number of hydrogen-bond acceptors (Lipinski definition) is 3. The van der Waals surface area contributed by atoms with E-state index in [0.717, 1.165) is 5.56 Å². The third-order valence-corrected chi connectivity index (χ3v) is 5.79. The van der Waals surface area contributed by atoms with E-state index in [1.807, 2.05) is 30.3 Å².